The summed E-state index contributed by atoms with van der Waals surface area (Å²) in [6.45, 7) is 35.5. The van der Waals surface area contributed by atoms with Gasteiger partial charge in [-0.2, -0.15) is 0 Å². The van der Waals surface area contributed by atoms with E-state index in [1.54, 1.807) is 88.3 Å². The van der Waals surface area contributed by atoms with Crippen LogP contribution in [-0.4, -0.2) is 239 Å². The van der Waals surface area contributed by atoms with E-state index in [2.05, 4.69) is 27.8 Å². The van der Waals surface area contributed by atoms with Crippen molar-refractivity contribution in [2.24, 2.45) is 35.5 Å². The van der Waals surface area contributed by atoms with E-state index >= 15 is 9.59 Å². The number of allylic oxidation sites excluding steroid dienone is 2. The van der Waals surface area contributed by atoms with E-state index in [4.69, 9.17) is 9.47 Å². The second kappa shape index (κ2) is 38.0. The second-order valence-corrected chi connectivity index (χ2v) is 27.7. The number of rotatable bonds is 19. The zero-order valence-electron chi connectivity index (χ0n) is 60.4. The molecule has 1 aliphatic heterocycles. The molecule has 11 amide bonds. The molecule has 0 aromatic carbocycles. The fourth-order valence-electron chi connectivity index (χ4n) is 11.2. The molecule has 0 unspecified atom stereocenters. The van der Waals surface area contributed by atoms with Crippen LogP contribution in [-0.2, 0) is 62.2 Å². The van der Waals surface area contributed by atoms with Crippen LogP contribution in [0, 0.1) is 35.5 Å². The number of likely N-dealkylation sites (N-methyl/N-ethyl adjacent to an activating group) is 7. The number of hydrogen-bond donors (Lipinski definition) is 5. The van der Waals surface area contributed by atoms with Gasteiger partial charge in [0.05, 0.1) is 11.7 Å². The van der Waals surface area contributed by atoms with Crippen molar-refractivity contribution in [1.82, 2.24) is 55.6 Å². The third-order valence-corrected chi connectivity index (χ3v) is 17.2. The van der Waals surface area contributed by atoms with Crippen LogP contribution in [0.1, 0.15) is 170 Å². The largest absolute Gasteiger partial charge is 0.390 e. The van der Waals surface area contributed by atoms with Gasteiger partial charge in [0.25, 0.3) is 5.91 Å². The fourth-order valence-corrected chi connectivity index (χ4v) is 11.2. The third-order valence-electron chi connectivity index (χ3n) is 17.2. The highest BCUT2D eigenvalue weighted by Crippen LogP contribution is 2.27. The Balaban J connectivity index is 4.43. The fraction of sp³-hybridized carbons (Fsp3) is 0.776. The third kappa shape index (κ3) is 23.8. The maximum Gasteiger partial charge on any atom is 0.270 e. The Morgan fingerprint density at radius 1 is 0.576 bits per heavy atom. The summed E-state index contributed by atoms with van der Waals surface area (Å²) in [5, 5.41) is 23.3. The first-order valence-corrected chi connectivity index (χ1v) is 32.8. The number of hydrogen-bond acceptors (Lipinski definition) is 14. The number of ether oxygens (including phenoxy) is 2. The highest BCUT2D eigenvalue weighted by molar-refractivity contribution is 6.02. The predicted octanol–water partition coefficient (Wildman–Crippen LogP) is 4.31. The summed E-state index contributed by atoms with van der Waals surface area (Å²) >= 11 is 0. The molecule has 12 atom stereocenters. The van der Waals surface area contributed by atoms with E-state index in [0.29, 0.717) is 6.61 Å². The summed E-state index contributed by atoms with van der Waals surface area (Å²) in [6, 6.07) is -12.4. The van der Waals surface area contributed by atoms with Crippen molar-refractivity contribution in [2.75, 3.05) is 62.7 Å². The highest BCUT2D eigenvalue weighted by Gasteiger charge is 2.46. The molecule has 1 saturated heterocycles. The summed E-state index contributed by atoms with van der Waals surface area (Å²) in [4.78, 5) is 170. The Hall–Kier alpha value is -6.47. The molecule has 92 heavy (non-hydrogen) atoms. The lowest BCUT2D eigenvalue weighted by Crippen LogP contribution is -2.63. The van der Waals surface area contributed by atoms with Crippen LogP contribution in [0.2, 0.25) is 0 Å². The van der Waals surface area contributed by atoms with Gasteiger partial charge in [-0.3, -0.25) is 52.7 Å². The molecule has 0 radical (unpaired) electrons. The van der Waals surface area contributed by atoms with Crippen molar-refractivity contribution in [3.8, 4) is 0 Å². The molecule has 5 N–H and O–H groups in total. The van der Waals surface area contributed by atoms with E-state index in [1.807, 2.05) is 41.5 Å². The van der Waals surface area contributed by atoms with Crippen LogP contribution in [0.5, 0.6) is 0 Å². The van der Waals surface area contributed by atoms with Crippen molar-refractivity contribution >= 4 is 65.0 Å². The lowest BCUT2D eigenvalue weighted by Gasteiger charge is -2.41. The van der Waals surface area contributed by atoms with E-state index < -0.39 is 161 Å². The van der Waals surface area contributed by atoms with Crippen molar-refractivity contribution in [3.05, 3.63) is 24.4 Å². The molecule has 1 fully saturated rings. The van der Waals surface area contributed by atoms with E-state index in [-0.39, 0.29) is 69.5 Å². The van der Waals surface area contributed by atoms with Crippen molar-refractivity contribution in [2.45, 2.75) is 242 Å². The molecule has 0 bridgehead atoms. The molecule has 25 heteroatoms. The van der Waals surface area contributed by atoms with Crippen LogP contribution < -0.4 is 21.3 Å². The minimum absolute atomic E-state index is 0.0548. The SMILES string of the molecule is C=C1C(=O)N(C)[C@@H](CC(C)(C)OCOCC)C(=O)N[C@@H](C(C)C)C(=O)N(C)[C@@H](CC(C)C)C(=O)N[C@@H](C)C(=O)N[C@H](C)CC(=O)N(C)[C@H](CC(C)C)C(=O)N(C)[C@@H](CC(C)C)C(=O)N(C)[C@@H](C(C)C)C(=O)N(C)[C@@H]([C@H](O)[C@H](C)C/C=C/C)C(=O)N[C@@H](CC)C(=O)N1C. The Labute approximate surface area is 550 Å². The van der Waals surface area contributed by atoms with Crippen LogP contribution in [0.3, 0.4) is 0 Å². The lowest BCUT2D eigenvalue weighted by molar-refractivity contribution is -0.157. The standard InChI is InChI=1S/C67H119N11O14/c1-27-30-31-43(14)56(80)55-60(84)70-47(28-2)62(86)72(20)46(17)61(85)76(24)51(36-67(18,19)92-37-91-29-3)59(83)71-53(41(10)11)65(89)74(22)48(32-38(4)5)58(82)69-45(16)57(81)68-44(15)35-52(79)73(21)49(33-39(6)7)63(87)75(23)50(34-40(8)9)64(88)77(25)54(42(12)13)66(90)78(55)26/h27,30,38-45,47-51,53-56,80H,17,28-29,31-37H2,1-16,18-26H3,(H,68,81)(H,69,82)(H,70,84)(H,71,83)/b30-27+/t43-,44-,45+,47+,48+,49-,50+,51+,53+,54+,55+,56-/m1/s1. The minimum Gasteiger partial charge on any atom is -0.390 e. The molecule has 0 aromatic rings. The first kappa shape index (κ1) is 83.5. The van der Waals surface area contributed by atoms with Gasteiger partial charge < -0.3 is 70.1 Å². The van der Waals surface area contributed by atoms with Crippen LogP contribution in [0.25, 0.3) is 0 Å². The number of aliphatic hydroxyl groups excluding tert-OH is 1. The summed E-state index contributed by atoms with van der Waals surface area (Å²) in [7, 11) is 9.75. The topological polar surface area (TPSA) is 297 Å². The van der Waals surface area contributed by atoms with E-state index in [9.17, 15) is 48.3 Å². The second-order valence-electron chi connectivity index (χ2n) is 27.7. The average molecular weight is 1300 g/mol. The number of carbonyl (C=O) groups is 11. The van der Waals surface area contributed by atoms with Crippen molar-refractivity contribution in [3.63, 3.8) is 0 Å². The summed E-state index contributed by atoms with van der Waals surface area (Å²) < 4.78 is 11.5. The zero-order chi connectivity index (χ0) is 71.3. The van der Waals surface area contributed by atoms with Gasteiger partial charge >= 0.3 is 0 Å². The first-order valence-electron chi connectivity index (χ1n) is 32.8. The number of amides is 11. The highest BCUT2D eigenvalue weighted by atomic mass is 16.7. The summed E-state index contributed by atoms with van der Waals surface area (Å²) in [5.41, 5.74) is -1.58. The first-order chi connectivity index (χ1) is 42.5. The van der Waals surface area contributed by atoms with Gasteiger partial charge in [-0.15, -0.1) is 0 Å². The predicted molar refractivity (Wildman–Crippen MR) is 354 cm³/mol. The van der Waals surface area contributed by atoms with E-state index in [0.717, 1.165) is 14.7 Å². The van der Waals surface area contributed by atoms with Crippen LogP contribution in [0.15, 0.2) is 24.4 Å². The van der Waals surface area contributed by atoms with Gasteiger partial charge in [0.2, 0.25) is 59.1 Å². The molecule has 25 nitrogen and oxygen atoms in total. The molecule has 1 rings (SSSR count). The van der Waals surface area contributed by atoms with Gasteiger partial charge in [-0.05, 0) is 109 Å². The zero-order valence-corrected chi connectivity index (χ0v) is 60.4. The van der Waals surface area contributed by atoms with Crippen LogP contribution in [0.4, 0.5) is 0 Å². The van der Waals surface area contributed by atoms with Crippen LogP contribution >= 0.6 is 0 Å². The van der Waals surface area contributed by atoms with Gasteiger partial charge in [0, 0.05) is 74.8 Å². The smallest absolute Gasteiger partial charge is 0.270 e. The monoisotopic (exact) mass is 1300 g/mol. The maximum absolute atomic E-state index is 15.2. The quantitative estimate of drug-likeness (QED) is 0.0522. The summed E-state index contributed by atoms with van der Waals surface area (Å²) in [5.74, 6) is -10.1. The molecule has 0 spiro atoms. The lowest BCUT2D eigenvalue weighted by atomic mass is 9.91. The van der Waals surface area contributed by atoms with Crippen molar-refractivity contribution in [1.29, 1.82) is 0 Å². The maximum atomic E-state index is 15.2. The minimum atomic E-state index is -1.66. The molecule has 0 saturated carbocycles. The molecule has 0 aromatic heterocycles. The molecular weight excluding hydrogens is 1180 g/mol. The van der Waals surface area contributed by atoms with Gasteiger partial charge in [-0.25, -0.2) is 0 Å². The van der Waals surface area contributed by atoms with Gasteiger partial charge in [0.15, 0.2) is 0 Å². The Kier molecular flexibility index (Phi) is 34.5. The molecular formula is C67H119N11O14. The van der Waals surface area contributed by atoms with E-state index in [1.165, 1.54) is 75.9 Å². The van der Waals surface area contributed by atoms with Gasteiger partial charge in [0.1, 0.15) is 66.9 Å². The number of nitrogens with one attached hydrogen (secondary N) is 4. The Bertz CT molecular complexity index is 2560. The molecule has 1 aliphatic rings. The van der Waals surface area contributed by atoms with Gasteiger partial charge in [-0.1, -0.05) is 102 Å². The Morgan fingerprint density at radius 3 is 1.55 bits per heavy atom. The molecule has 0 aliphatic carbocycles. The number of nitrogens with zero attached hydrogens (tertiary/aromatic N) is 7. The van der Waals surface area contributed by atoms with Crippen molar-refractivity contribution < 1.29 is 67.3 Å². The normalized spacial score (nSPS) is 26.1. The molecule has 1 heterocycles. The Morgan fingerprint density at radius 2 is 1.07 bits per heavy atom. The summed E-state index contributed by atoms with van der Waals surface area (Å²) in [6.07, 6.45) is 2.29. The number of carbonyl (C=O) groups excluding carboxylic acids is 11. The average Bonchev–Trinajstić information content (AvgIpc) is 0.816. The number of aliphatic hydroxyl groups is 1. The molecule has 526 valence electrons.